The molecule has 80 valence electrons. The molecule has 1 aromatic rings. The van der Waals surface area contributed by atoms with Gasteiger partial charge in [0, 0.05) is 5.69 Å². The van der Waals surface area contributed by atoms with Gasteiger partial charge in [-0.1, -0.05) is 12.1 Å². The van der Waals surface area contributed by atoms with Gasteiger partial charge in [-0.15, -0.1) is 0 Å². The number of hydrogen-bond donors (Lipinski definition) is 2. The van der Waals surface area contributed by atoms with Crippen molar-refractivity contribution in [3.05, 3.63) is 29.8 Å². The Morgan fingerprint density at radius 3 is 2.67 bits per heavy atom. The normalized spacial score (nSPS) is 9.40. The number of rotatable bonds is 3. The molecule has 0 bridgehead atoms. The maximum atomic E-state index is 11.5. The quantitative estimate of drug-likeness (QED) is 0.548. The molecule has 1 amide bonds. The van der Waals surface area contributed by atoms with Crippen LogP contribution in [0.3, 0.4) is 0 Å². The van der Waals surface area contributed by atoms with E-state index in [0.29, 0.717) is 11.3 Å². The number of hydrogen-bond acceptors (Lipinski definition) is 4. The number of ether oxygens (including phenoxy) is 1. The van der Waals surface area contributed by atoms with Crippen LogP contribution in [0.5, 0.6) is 0 Å². The summed E-state index contributed by atoms with van der Waals surface area (Å²) in [5.74, 6) is -0.892. The van der Waals surface area contributed by atoms with E-state index in [1.54, 1.807) is 24.3 Å². The molecule has 0 aliphatic carbocycles. The highest BCUT2D eigenvalue weighted by Gasteiger charge is 2.09. The Bertz CT molecular complexity index is 377. The fourth-order valence-electron chi connectivity index (χ4n) is 1.02. The maximum Gasteiger partial charge on any atom is 0.325 e. The summed E-state index contributed by atoms with van der Waals surface area (Å²) in [6.45, 7) is -0.163. The van der Waals surface area contributed by atoms with Crippen LogP contribution in [0.2, 0.25) is 0 Å². The predicted molar refractivity (Wildman–Crippen MR) is 55.2 cm³/mol. The molecule has 0 radical (unpaired) electrons. The van der Waals surface area contributed by atoms with Gasteiger partial charge in [-0.3, -0.25) is 9.59 Å². The van der Waals surface area contributed by atoms with Crippen molar-refractivity contribution in [2.24, 2.45) is 0 Å². The van der Waals surface area contributed by atoms with Gasteiger partial charge in [-0.05, 0) is 12.1 Å². The van der Waals surface area contributed by atoms with E-state index in [-0.39, 0.29) is 6.54 Å². The molecule has 0 aromatic heterocycles. The van der Waals surface area contributed by atoms with Crippen LogP contribution < -0.4 is 11.1 Å². The van der Waals surface area contributed by atoms with Crippen molar-refractivity contribution in [2.75, 3.05) is 19.4 Å². The highest BCUT2D eigenvalue weighted by atomic mass is 16.5. The van der Waals surface area contributed by atoms with Crippen molar-refractivity contribution in [1.82, 2.24) is 5.32 Å². The van der Waals surface area contributed by atoms with E-state index < -0.39 is 11.9 Å². The number of amides is 1. The predicted octanol–water partition coefficient (Wildman–Crippen LogP) is 0.172. The van der Waals surface area contributed by atoms with E-state index in [0.717, 1.165) is 0 Å². The summed E-state index contributed by atoms with van der Waals surface area (Å²) in [6.07, 6.45) is 0. The van der Waals surface area contributed by atoms with Gasteiger partial charge in [-0.25, -0.2) is 0 Å². The van der Waals surface area contributed by atoms with Crippen molar-refractivity contribution >= 4 is 17.6 Å². The number of carbonyl (C=O) groups is 2. The molecule has 5 nitrogen and oxygen atoms in total. The summed E-state index contributed by atoms with van der Waals surface area (Å²) in [5, 5.41) is 2.40. The summed E-state index contributed by atoms with van der Waals surface area (Å²) in [4.78, 5) is 22.3. The molecule has 0 fully saturated rings. The molecule has 0 saturated carbocycles. The lowest BCUT2D eigenvalue weighted by atomic mass is 10.2. The number of benzene rings is 1. The fourth-order valence-corrected chi connectivity index (χ4v) is 1.02. The molecule has 0 spiro atoms. The molecule has 0 atom stereocenters. The van der Waals surface area contributed by atoms with Crippen LogP contribution >= 0.6 is 0 Å². The topological polar surface area (TPSA) is 81.4 Å². The number of carbonyl (C=O) groups excluding carboxylic acids is 2. The monoisotopic (exact) mass is 208 g/mol. The number of nitrogens with two attached hydrogens (primary N) is 1. The minimum atomic E-state index is -0.502. The van der Waals surface area contributed by atoms with E-state index >= 15 is 0 Å². The fraction of sp³-hybridized carbons (Fsp3) is 0.200. The lowest BCUT2D eigenvalue weighted by molar-refractivity contribution is -0.139. The first-order valence-corrected chi connectivity index (χ1v) is 4.34. The molecule has 0 unspecified atom stereocenters. The molecule has 15 heavy (non-hydrogen) atoms. The minimum Gasteiger partial charge on any atom is -0.468 e. The Balaban J connectivity index is 2.62. The van der Waals surface area contributed by atoms with Gasteiger partial charge < -0.3 is 15.8 Å². The highest BCUT2D eigenvalue weighted by Crippen LogP contribution is 2.09. The molecule has 1 aromatic carbocycles. The summed E-state index contributed by atoms with van der Waals surface area (Å²) in [5.41, 5.74) is 6.31. The molecular formula is C10H12N2O3. The Morgan fingerprint density at radius 1 is 1.40 bits per heavy atom. The van der Waals surface area contributed by atoms with Crippen LogP contribution in [-0.4, -0.2) is 25.5 Å². The summed E-state index contributed by atoms with van der Waals surface area (Å²) in [6, 6.07) is 6.63. The van der Waals surface area contributed by atoms with E-state index in [9.17, 15) is 9.59 Å². The second-order valence-electron chi connectivity index (χ2n) is 2.85. The zero-order chi connectivity index (χ0) is 11.3. The van der Waals surface area contributed by atoms with Crippen LogP contribution in [-0.2, 0) is 9.53 Å². The SMILES string of the molecule is COC(=O)CNC(=O)c1ccccc1N. The van der Waals surface area contributed by atoms with E-state index in [1.807, 2.05) is 0 Å². The third kappa shape index (κ3) is 2.98. The lowest BCUT2D eigenvalue weighted by Crippen LogP contribution is -2.30. The molecule has 0 saturated heterocycles. The zero-order valence-electron chi connectivity index (χ0n) is 8.32. The molecule has 0 aliphatic rings. The molecule has 0 heterocycles. The van der Waals surface area contributed by atoms with Crippen molar-refractivity contribution in [3.63, 3.8) is 0 Å². The third-order valence-electron chi connectivity index (χ3n) is 1.83. The molecule has 0 aliphatic heterocycles. The number of esters is 1. The summed E-state index contributed by atoms with van der Waals surface area (Å²) in [7, 11) is 1.26. The van der Waals surface area contributed by atoms with E-state index in [1.165, 1.54) is 7.11 Å². The number of methoxy groups -OCH3 is 1. The second kappa shape index (κ2) is 4.99. The first-order chi connectivity index (χ1) is 7.15. The van der Waals surface area contributed by atoms with Crippen LogP contribution in [0.4, 0.5) is 5.69 Å². The first-order valence-electron chi connectivity index (χ1n) is 4.34. The van der Waals surface area contributed by atoms with E-state index in [2.05, 4.69) is 10.1 Å². The Labute approximate surface area is 87.2 Å². The second-order valence-corrected chi connectivity index (χ2v) is 2.85. The van der Waals surface area contributed by atoms with Gasteiger partial charge in [0.1, 0.15) is 6.54 Å². The van der Waals surface area contributed by atoms with Crippen molar-refractivity contribution in [2.45, 2.75) is 0 Å². The third-order valence-corrected chi connectivity index (χ3v) is 1.83. The zero-order valence-corrected chi connectivity index (χ0v) is 8.32. The van der Waals surface area contributed by atoms with Crippen molar-refractivity contribution in [3.8, 4) is 0 Å². The van der Waals surface area contributed by atoms with Gasteiger partial charge in [0.2, 0.25) is 0 Å². The Kier molecular flexibility index (Phi) is 3.68. The smallest absolute Gasteiger partial charge is 0.325 e. The largest absolute Gasteiger partial charge is 0.468 e. The average molecular weight is 208 g/mol. The van der Waals surface area contributed by atoms with Crippen molar-refractivity contribution in [1.29, 1.82) is 0 Å². The number of nitrogens with one attached hydrogen (secondary N) is 1. The minimum absolute atomic E-state index is 0.163. The number of anilines is 1. The number of nitrogen functional groups attached to an aromatic ring is 1. The van der Waals surface area contributed by atoms with Gasteiger partial charge in [0.05, 0.1) is 12.7 Å². The average Bonchev–Trinajstić information content (AvgIpc) is 2.26. The van der Waals surface area contributed by atoms with Crippen LogP contribution in [0.15, 0.2) is 24.3 Å². The standard InChI is InChI=1S/C10H12N2O3/c1-15-9(13)6-12-10(14)7-4-2-3-5-8(7)11/h2-5H,6,11H2,1H3,(H,12,14). The highest BCUT2D eigenvalue weighted by molar-refractivity contribution is 6.00. The maximum absolute atomic E-state index is 11.5. The number of para-hydroxylation sites is 1. The molecule has 3 N–H and O–H groups in total. The van der Waals surface area contributed by atoms with Crippen LogP contribution in [0.1, 0.15) is 10.4 Å². The summed E-state index contributed by atoms with van der Waals surface area (Å²) >= 11 is 0. The van der Waals surface area contributed by atoms with Gasteiger partial charge >= 0.3 is 5.97 Å². The van der Waals surface area contributed by atoms with Crippen LogP contribution in [0, 0.1) is 0 Å². The van der Waals surface area contributed by atoms with Gasteiger partial charge in [0.25, 0.3) is 5.91 Å². The van der Waals surface area contributed by atoms with Gasteiger partial charge in [0.15, 0.2) is 0 Å². The summed E-state index contributed by atoms with van der Waals surface area (Å²) < 4.78 is 4.38. The lowest BCUT2D eigenvalue weighted by Gasteiger charge is -2.05. The van der Waals surface area contributed by atoms with E-state index in [4.69, 9.17) is 5.73 Å². The molecule has 5 heteroatoms. The molecule has 1 rings (SSSR count). The Morgan fingerprint density at radius 2 is 2.07 bits per heavy atom. The Hall–Kier alpha value is -2.04. The van der Waals surface area contributed by atoms with Crippen LogP contribution in [0.25, 0.3) is 0 Å². The first kappa shape index (κ1) is 11.0. The van der Waals surface area contributed by atoms with Gasteiger partial charge in [-0.2, -0.15) is 0 Å². The van der Waals surface area contributed by atoms with Crippen molar-refractivity contribution < 1.29 is 14.3 Å². The molecular weight excluding hydrogens is 196 g/mol.